The third kappa shape index (κ3) is 8.09. The van der Waals surface area contributed by atoms with Crippen LogP contribution in [-0.4, -0.2) is 58.8 Å². The van der Waals surface area contributed by atoms with E-state index in [0.29, 0.717) is 29.7 Å². The van der Waals surface area contributed by atoms with E-state index in [9.17, 15) is 10.2 Å². The molecule has 1 aliphatic heterocycles. The number of allylic oxidation sites excluding steroid dienone is 1. The molecule has 0 saturated carbocycles. The van der Waals surface area contributed by atoms with Crippen LogP contribution in [0.15, 0.2) is 23.2 Å². The van der Waals surface area contributed by atoms with Gasteiger partial charge in [0.25, 0.3) is 0 Å². The van der Waals surface area contributed by atoms with Crippen molar-refractivity contribution in [3.63, 3.8) is 0 Å². The number of aliphatic hydroxyl groups excluding tert-OH is 1. The third-order valence-corrected chi connectivity index (χ3v) is 4.01. The number of hydrogen-bond acceptors (Lipinski definition) is 7. The molecule has 1 aliphatic rings. The van der Waals surface area contributed by atoms with Crippen molar-refractivity contribution in [2.75, 3.05) is 19.6 Å². The van der Waals surface area contributed by atoms with E-state index in [2.05, 4.69) is 5.32 Å². The first-order valence-corrected chi connectivity index (χ1v) is 8.97. The zero-order valence-electron chi connectivity index (χ0n) is 16.2. The van der Waals surface area contributed by atoms with Gasteiger partial charge in [-0.05, 0) is 53.5 Å². The van der Waals surface area contributed by atoms with Crippen LogP contribution >= 0.6 is 0 Å². The summed E-state index contributed by atoms with van der Waals surface area (Å²) in [5.41, 5.74) is 12.4. The molecule has 7 heteroatoms. The molecule has 0 amide bonds. The van der Waals surface area contributed by atoms with E-state index >= 15 is 0 Å². The molecule has 7 N–H and O–H groups in total. The van der Waals surface area contributed by atoms with Gasteiger partial charge in [-0.2, -0.15) is 0 Å². The lowest BCUT2D eigenvalue weighted by atomic mass is 10.0. The average molecular weight is 357 g/mol. The van der Waals surface area contributed by atoms with Crippen molar-refractivity contribution in [1.82, 2.24) is 10.2 Å². The summed E-state index contributed by atoms with van der Waals surface area (Å²) in [6.07, 6.45) is 2.26. The second kappa shape index (κ2) is 9.43. The number of ether oxygens (including phenoxy) is 1. The first-order valence-electron chi connectivity index (χ1n) is 8.97. The lowest BCUT2D eigenvalue weighted by Crippen LogP contribution is -2.47. The van der Waals surface area contributed by atoms with Crippen molar-refractivity contribution >= 4 is 0 Å². The van der Waals surface area contributed by atoms with Crippen molar-refractivity contribution in [3.8, 4) is 0 Å². The molecular formula is C18H36N4O3. The van der Waals surface area contributed by atoms with Crippen molar-refractivity contribution < 1.29 is 14.9 Å². The molecule has 0 aromatic rings. The van der Waals surface area contributed by atoms with Crippen LogP contribution in [0.25, 0.3) is 0 Å². The fourth-order valence-corrected chi connectivity index (χ4v) is 2.75. The molecule has 1 heterocycles. The smallest absolute Gasteiger partial charge is 0.185 e. The Hall–Kier alpha value is -1.28. The SMILES string of the molecule is C/C(N)=C/C(=C(\N)N1CCC(NCC(C)(C)O)CC1)C(O)OC(C)C. The predicted octanol–water partition coefficient (Wildman–Crippen LogP) is 0.588. The molecule has 0 spiro atoms. The maximum atomic E-state index is 10.3. The summed E-state index contributed by atoms with van der Waals surface area (Å²) in [5, 5.41) is 23.5. The normalized spacial score (nSPS) is 20.0. The molecule has 1 atom stereocenters. The fourth-order valence-electron chi connectivity index (χ4n) is 2.75. The van der Waals surface area contributed by atoms with Crippen LogP contribution in [-0.2, 0) is 4.74 Å². The van der Waals surface area contributed by atoms with Gasteiger partial charge in [-0.25, -0.2) is 0 Å². The third-order valence-electron chi connectivity index (χ3n) is 4.01. The molecule has 0 radical (unpaired) electrons. The summed E-state index contributed by atoms with van der Waals surface area (Å²) in [7, 11) is 0. The summed E-state index contributed by atoms with van der Waals surface area (Å²) in [5.74, 6) is 0.499. The number of rotatable bonds is 8. The Balaban J connectivity index is 2.76. The summed E-state index contributed by atoms with van der Waals surface area (Å²) >= 11 is 0. The molecule has 146 valence electrons. The molecule has 0 aliphatic carbocycles. The monoisotopic (exact) mass is 356 g/mol. The van der Waals surface area contributed by atoms with E-state index in [-0.39, 0.29) is 6.10 Å². The van der Waals surface area contributed by atoms with Crippen LogP contribution in [0.4, 0.5) is 0 Å². The molecule has 0 bridgehead atoms. The van der Waals surface area contributed by atoms with Crippen LogP contribution in [0.2, 0.25) is 0 Å². The number of likely N-dealkylation sites (tertiary alicyclic amines) is 1. The Bertz CT molecular complexity index is 471. The van der Waals surface area contributed by atoms with Crippen LogP contribution < -0.4 is 16.8 Å². The number of nitrogens with zero attached hydrogens (tertiary/aromatic N) is 1. The number of hydrogen-bond donors (Lipinski definition) is 5. The molecule has 1 saturated heterocycles. The quantitative estimate of drug-likeness (QED) is 0.319. The van der Waals surface area contributed by atoms with E-state index in [1.807, 2.05) is 18.7 Å². The van der Waals surface area contributed by atoms with Crippen LogP contribution in [0, 0.1) is 0 Å². The van der Waals surface area contributed by atoms with Gasteiger partial charge >= 0.3 is 0 Å². The predicted molar refractivity (Wildman–Crippen MR) is 100 cm³/mol. The highest BCUT2D eigenvalue weighted by Crippen LogP contribution is 2.20. The zero-order chi connectivity index (χ0) is 19.2. The van der Waals surface area contributed by atoms with Gasteiger partial charge in [-0.15, -0.1) is 0 Å². The summed E-state index contributed by atoms with van der Waals surface area (Å²) < 4.78 is 5.47. The maximum absolute atomic E-state index is 10.3. The van der Waals surface area contributed by atoms with Gasteiger partial charge in [0.05, 0.1) is 11.7 Å². The minimum Gasteiger partial charge on any atom is -0.402 e. The highest BCUT2D eigenvalue weighted by molar-refractivity contribution is 5.28. The van der Waals surface area contributed by atoms with Crippen molar-refractivity contribution in [2.24, 2.45) is 11.5 Å². The highest BCUT2D eigenvalue weighted by atomic mass is 16.6. The number of aliphatic hydroxyl groups is 2. The standard InChI is InChI=1S/C18H36N4O3/c1-12(2)25-17(23)15(10-13(3)19)16(20)22-8-6-14(7-9-22)21-11-18(4,5)24/h10,12,14,17,21,23-24H,6-9,11,19-20H2,1-5H3/b13-10-,16-15-. The fraction of sp³-hybridized carbons (Fsp3) is 0.778. The maximum Gasteiger partial charge on any atom is 0.185 e. The van der Waals surface area contributed by atoms with Crippen molar-refractivity contribution in [3.05, 3.63) is 23.2 Å². The molecule has 1 fully saturated rings. The van der Waals surface area contributed by atoms with Gasteiger partial charge in [0.1, 0.15) is 5.82 Å². The van der Waals surface area contributed by atoms with Gasteiger partial charge < -0.3 is 36.6 Å². The van der Waals surface area contributed by atoms with Gasteiger partial charge in [0, 0.05) is 36.9 Å². The molecule has 0 aromatic carbocycles. The van der Waals surface area contributed by atoms with E-state index in [0.717, 1.165) is 25.9 Å². The number of nitrogens with one attached hydrogen (secondary N) is 1. The first kappa shape index (κ1) is 21.8. The second-order valence-electron chi connectivity index (χ2n) is 7.72. The minimum atomic E-state index is -1.11. The largest absolute Gasteiger partial charge is 0.402 e. The molecule has 1 unspecified atom stereocenters. The Kier molecular flexibility index (Phi) is 8.21. The van der Waals surface area contributed by atoms with E-state index < -0.39 is 11.9 Å². The van der Waals surface area contributed by atoms with Crippen LogP contribution in [0.3, 0.4) is 0 Å². The van der Waals surface area contributed by atoms with Gasteiger partial charge in [0.15, 0.2) is 6.29 Å². The second-order valence-corrected chi connectivity index (χ2v) is 7.72. The topological polar surface area (TPSA) is 117 Å². The van der Waals surface area contributed by atoms with Gasteiger partial charge in [-0.1, -0.05) is 0 Å². The Labute approximate surface area is 151 Å². The lowest BCUT2D eigenvalue weighted by Gasteiger charge is -2.36. The van der Waals surface area contributed by atoms with Gasteiger partial charge in [-0.3, -0.25) is 0 Å². The summed E-state index contributed by atoms with van der Waals surface area (Å²) in [6, 6.07) is 0.350. The lowest BCUT2D eigenvalue weighted by molar-refractivity contribution is -0.0993. The summed E-state index contributed by atoms with van der Waals surface area (Å²) in [4.78, 5) is 2.05. The average Bonchev–Trinajstić information content (AvgIpc) is 2.49. The molecule has 7 nitrogen and oxygen atoms in total. The molecule has 1 rings (SSSR count). The first-order chi connectivity index (χ1) is 11.5. The molecular weight excluding hydrogens is 320 g/mol. The number of piperidine rings is 1. The Morgan fingerprint density at radius 3 is 2.32 bits per heavy atom. The van der Waals surface area contributed by atoms with Crippen LogP contribution in [0.1, 0.15) is 47.5 Å². The zero-order valence-corrected chi connectivity index (χ0v) is 16.2. The van der Waals surface area contributed by atoms with E-state index in [4.69, 9.17) is 16.2 Å². The highest BCUT2D eigenvalue weighted by Gasteiger charge is 2.25. The van der Waals surface area contributed by atoms with Crippen molar-refractivity contribution in [1.29, 1.82) is 0 Å². The van der Waals surface area contributed by atoms with E-state index in [1.54, 1.807) is 26.8 Å². The molecule has 0 aromatic heterocycles. The number of nitrogens with two attached hydrogens (primary N) is 2. The Morgan fingerprint density at radius 1 is 1.32 bits per heavy atom. The summed E-state index contributed by atoms with van der Waals surface area (Å²) in [6.45, 7) is 11.1. The minimum absolute atomic E-state index is 0.124. The van der Waals surface area contributed by atoms with Crippen molar-refractivity contribution in [2.45, 2.75) is 71.5 Å². The Morgan fingerprint density at radius 2 is 1.88 bits per heavy atom. The molecule has 25 heavy (non-hydrogen) atoms. The van der Waals surface area contributed by atoms with Gasteiger partial charge in [0.2, 0.25) is 0 Å². The van der Waals surface area contributed by atoms with E-state index in [1.165, 1.54) is 0 Å². The van der Waals surface area contributed by atoms with Crippen LogP contribution in [0.5, 0.6) is 0 Å².